The fraction of sp³-hybridized carbons (Fsp3) is 0.391. The maximum absolute atomic E-state index is 12.9. The Morgan fingerprint density at radius 1 is 1.21 bits per heavy atom. The highest BCUT2D eigenvalue weighted by molar-refractivity contribution is 5.89. The smallest absolute Gasteiger partial charge is 0.266 e. The molecule has 2 fully saturated rings. The lowest BCUT2D eigenvalue weighted by atomic mass is 9.89. The second-order valence-corrected chi connectivity index (χ2v) is 7.61. The molecule has 0 aromatic heterocycles. The average molecular weight is 376 g/mol. The van der Waals surface area contributed by atoms with Gasteiger partial charge in [0, 0.05) is 13.2 Å². The molecule has 5 heteroatoms. The standard InChI is InChI=1S/C23H24N2O3/c1-15-5-10-20(16(2)12-15)28-22-21(18-8-6-17(13-24)7-9-18)25(23(22)26)14-19-4-3-11-27-19/h5-10,12,19,21-22H,3-4,11,14H2,1-2H3/t19-,21-,22-/m0/s1. The molecule has 2 aliphatic rings. The summed E-state index contributed by atoms with van der Waals surface area (Å²) in [5, 5.41) is 9.07. The minimum atomic E-state index is -0.559. The van der Waals surface area contributed by atoms with Gasteiger partial charge in [-0.25, -0.2) is 0 Å². The fourth-order valence-corrected chi connectivity index (χ4v) is 4.02. The summed E-state index contributed by atoms with van der Waals surface area (Å²) in [5.41, 5.74) is 3.76. The summed E-state index contributed by atoms with van der Waals surface area (Å²) in [6.45, 7) is 5.37. The van der Waals surface area contributed by atoms with Crippen LogP contribution >= 0.6 is 0 Å². The van der Waals surface area contributed by atoms with Gasteiger partial charge in [0.2, 0.25) is 6.10 Å². The van der Waals surface area contributed by atoms with Crippen molar-refractivity contribution in [3.63, 3.8) is 0 Å². The van der Waals surface area contributed by atoms with E-state index in [9.17, 15) is 4.79 Å². The lowest BCUT2D eigenvalue weighted by Crippen LogP contribution is -2.62. The molecule has 2 aromatic rings. The Morgan fingerprint density at radius 2 is 2.00 bits per heavy atom. The highest BCUT2D eigenvalue weighted by Crippen LogP contribution is 2.39. The zero-order valence-electron chi connectivity index (χ0n) is 16.2. The maximum Gasteiger partial charge on any atom is 0.266 e. The zero-order valence-corrected chi connectivity index (χ0v) is 16.2. The number of β-lactam (4-membered cyclic amide) rings is 1. The van der Waals surface area contributed by atoms with Gasteiger partial charge in [-0.1, -0.05) is 29.8 Å². The predicted molar refractivity (Wildman–Crippen MR) is 105 cm³/mol. The van der Waals surface area contributed by atoms with Crippen molar-refractivity contribution in [3.05, 3.63) is 64.7 Å². The average Bonchev–Trinajstić information content (AvgIpc) is 3.21. The van der Waals surface area contributed by atoms with Crippen molar-refractivity contribution in [2.24, 2.45) is 0 Å². The molecule has 2 saturated heterocycles. The number of nitriles is 1. The van der Waals surface area contributed by atoms with Gasteiger partial charge in [0.15, 0.2) is 0 Å². The number of hydrogen-bond donors (Lipinski definition) is 0. The molecule has 5 nitrogen and oxygen atoms in total. The Morgan fingerprint density at radius 3 is 2.64 bits per heavy atom. The van der Waals surface area contributed by atoms with Gasteiger partial charge in [-0.2, -0.15) is 5.26 Å². The van der Waals surface area contributed by atoms with E-state index in [-0.39, 0.29) is 18.1 Å². The Hall–Kier alpha value is -2.84. The molecule has 0 radical (unpaired) electrons. The summed E-state index contributed by atoms with van der Waals surface area (Å²) in [4.78, 5) is 14.8. The van der Waals surface area contributed by atoms with Crippen LogP contribution in [0, 0.1) is 25.2 Å². The summed E-state index contributed by atoms with van der Waals surface area (Å²) < 4.78 is 11.9. The van der Waals surface area contributed by atoms with Crippen LogP contribution in [0.25, 0.3) is 0 Å². The third-order valence-electron chi connectivity index (χ3n) is 5.54. The fourth-order valence-electron chi connectivity index (χ4n) is 4.02. The van der Waals surface area contributed by atoms with Crippen molar-refractivity contribution in [1.82, 2.24) is 4.90 Å². The van der Waals surface area contributed by atoms with E-state index in [1.807, 2.05) is 43.0 Å². The molecule has 0 N–H and O–H groups in total. The van der Waals surface area contributed by atoms with Crippen LogP contribution in [-0.4, -0.2) is 36.2 Å². The topological polar surface area (TPSA) is 62.6 Å². The largest absolute Gasteiger partial charge is 0.478 e. The Balaban J connectivity index is 1.59. The summed E-state index contributed by atoms with van der Waals surface area (Å²) in [7, 11) is 0. The summed E-state index contributed by atoms with van der Waals surface area (Å²) in [6.07, 6.45) is 1.55. The molecule has 2 aliphatic heterocycles. The van der Waals surface area contributed by atoms with Crippen LogP contribution in [0.2, 0.25) is 0 Å². The molecule has 3 atom stereocenters. The first-order valence-electron chi connectivity index (χ1n) is 9.73. The highest BCUT2D eigenvalue weighted by atomic mass is 16.5. The van der Waals surface area contributed by atoms with Crippen molar-refractivity contribution < 1.29 is 14.3 Å². The monoisotopic (exact) mass is 376 g/mol. The molecular weight excluding hydrogens is 352 g/mol. The van der Waals surface area contributed by atoms with Gasteiger partial charge in [0.1, 0.15) is 11.8 Å². The quantitative estimate of drug-likeness (QED) is 0.747. The van der Waals surface area contributed by atoms with Crippen LogP contribution in [-0.2, 0) is 9.53 Å². The van der Waals surface area contributed by atoms with Gasteiger partial charge in [-0.3, -0.25) is 4.79 Å². The second-order valence-electron chi connectivity index (χ2n) is 7.61. The second kappa shape index (κ2) is 7.65. The number of aryl methyl sites for hydroxylation is 2. The Kier molecular flexibility index (Phi) is 5.06. The summed E-state index contributed by atoms with van der Waals surface area (Å²) >= 11 is 0. The van der Waals surface area contributed by atoms with E-state index in [2.05, 4.69) is 12.1 Å². The van der Waals surface area contributed by atoms with Gasteiger partial charge < -0.3 is 14.4 Å². The third-order valence-corrected chi connectivity index (χ3v) is 5.54. The molecule has 28 heavy (non-hydrogen) atoms. The highest BCUT2D eigenvalue weighted by Gasteiger charge is 2.51. The van der Waals surface area contributed by atoms with Gasteiger partial charge in [0.25, 0.3) is 5.91 Å². The number of ether oxygens (including phenoxy) is 2. The molecule has 144 valence electrons. The Labute approximate surface area is 165 Å². The first-order chi connectivity index (χ1) is 13.6. The lowest BCUT2D eigenvalue weighted by molar-refractivity contribution is -0.167. The van der Waals surface area contributed by atoms with Crippen LogP contribution in [0.3, 0.4) is 0 Å². The molecule has 0 saturated carbocycles. The number of carbonyl (C=O) groups excluding carboxylic acids is 1. The minimum absolute atomic E-state index is 0.00941. The molecular formula is C23H24N2O3. The van der Waals surface area contributed by atoms with E-state index in [4.69, 9.17) is 14.7 Å². The molecule has 2 aromatic carbocycles. The predicted octanol–water partition coefficient (Wildman–Crippen LogP) is 3.69. The van der Waals surface area contributed by atoms with Crippen LogP contribution in [0.15, 0.2) is 42.5 Å². The van der Waals surface area contributed by atoms with Crippen molar-refractivity contribution in [2.75, 3.05) is 13.2 Å². The SMILES string of the molecule is Cc1ccc(O[C@@H]2C(=O)N(C[C@@H]3CCCO3)[C@H]2c2ccc(C#N)cc2)c(C)c1. The number of benzene rings is 2. The van der Waals surface area contributed by atoms with Crippen LogP contribution in [0.5, 0.6) is 5.75 Å². The van der Waals surface area contributed by atoms with E-state index in [1.165, 1.54) is 0 Å². The van der Waals surface area contributed by atoms with E-state index in [1.54, 1.807) is 12.1 Å². The molecule has 0 unspecified atom stereocenters. The zero-order chi connectivity index (χ0) is 19.7. The number of likely N-dealkylation sites (tertiary alicyclic amines) is 1. The van der Waals surface area contributed by atoms with Crippen LogP contribution in [0.1, 0.15) is 41.1 Å². The van der Waals surface area contributed by atoms with Crippen LogP contribution in [0.4, 0.5) is 0 Å². The number of carbonyl (C=O) groups is 1. The van der Waals surface area contributed by atoms with E-state index < -0.39 is 6.10 Å². The van der Waals surface area contributed by atoms with Crippen molar-refractivity contribution in [3.8, 4) is 11.8 Å². The van der Waals surface area contributed by atoms with Crippen molar-refractivity contribution in [1.29, 1.82) is 5.26 Å². The number of rotatable bonds is 5. The molecule has 2 heterocycles. The maximum atomic E-state index is 12.9. The van der Waals surface area contributed by atoms with Gasteiger partial charge in [-0.05, 0) is 56.0 Å². The molecule has 0 aliphatic carbocycles. The van der Waals surface area contributed by atoms with Gasteiger partial charge in [0.05, 0.1) is 17.7 Å². The van der Waals surface area contributed by atoms with E-state index >= 15 is 0 Å². The Bertz CT molecular complexity index is 910. The van der Waals surface area contributed by atoms with Crippen LogP contribution < -0.4 is 4.74 Å². The molecule has 4 rings (SSSR count). The summed E-state index contributed by atoms with van der Waals surface area (Å²) in [5.74, 6) is 0.726. The summed E-state index contributed by atoms with van der Waals surface area (Å²) in [6, 6.07) is 15.3. The van der Waals surface area contributed by atoms with E-state index in [0.29, 0.717) is 12.1 Å². The number of hydrogen-bond acceptors (Lipinski definition) is 4. The third kappa shape index (κ3) is 3.48. The number of nitrogens with zero attached hydrogens (tertiary/aromatic N) is 2. The minimum Gasteiger partial charge on any atom is -0.478 e. The van der Waals surface area contributed by atoms with Gasteiger partial charge >= 0.3 is 0 Å². The number of amides is 1. The first-order valence-corrected chi connectivity index (χ1v) is 9.73. The normalized spacial score (nSPS) is 24.0. The molecule has 0 bridgehead atoms. The van der Waals surface area contributed by atoms with Crippen molar-refractivity contribution in [2.45, 2.75) is 44.9 Å². The molecule has 1 amide bonds. The lowest BCUT2D eigenvalue weighted by Gasteiger charge is -2.47. The van der Waals surface area contributed by atoms with Gasteiger partial charge in [-0.15, -0.1) is 0 Å². The first kappa shape index (κ1) is 18.5. The van der Waals surface area contributed by atoms with E-state index in [0.717, 1.165) is 41.9 Å². The van der Waals surface area contributed by atoms with Crippen molar-refractivity contribution >= 4 is 5.91 Å². The molecule has 0 spiro atoms.